The Balaban J connectivity index is 1.56. The summed E-state index contributed by atoms with van der Waals surface area (Å²) in [6, 6.07) is 11.2. The molecule has 5 nitrogen and oxygen atoms in total. The van der Waals surface area contributed by atoms with E-state index in [0.717, 1.165) is 24.1 Å². The van der Waals surface area contributed by atoms with Crippen molar-refractivity contribution >= 4 is 5.91 Å². The van der Waals surface area contributed by atoms with Crippen LogP contribution in [0.1, 0.15) is 57.1 Å². The van der Waals surface area contributed by atoms with E-state index in [4.69, 9.17) is 4.74 Å². The van der Waals surface area contributed by atoms with Crippen LogP contribution in [0, 0.1) is 19.7 Å². The molecule has 0 spiro atoms. The van der Waals surface area contributed by atoms with Crippen LogP contribution in [0.2, 0.25) is 0 Å². The van der Waals surface area contributed by atoms with Gasteiger partial charge in [-0.15, -0.1) is 0 Å². The molecule has 1 aliphatic heterocycles. The van der Waals surface area contributed by atoms with Crippen LogP contribution in [0.4, 0.5) is 4.39 Å². The first-order valence-electron chi connectivity index (χ1n) is 10.7. The van der Waals surface area contributed by atoms with Gasteiger partial charge >= 0.3 is 0 Å². The average Bonchev–Trinajstić information content (AvgIpc) is 3.30. The minimum absolute atomic E-state index is 0.0173. The van der Waals surface area contributed by atoms with Gasteiger partial charge < -0.3 is 15.0 Å². The van der Waals surface area contributed by atoms with Crippen LogP contribution in [0.5, 0.6) is 0 Å². The van der Waals surface area contributed by atoms with Crippen molar-refractivity contribution in [1.82, 2.24) is 15.3 Å². The zero-order valence-electron chi connectivity index (χ0n) is 18.0. The van der Waals surface area contributed by atoms with E-state index in [2.05, 4.69) is 41.3 Å². The fourth-order valence-corrected chi connectivity index (χ4v) is 4.21. The van der Waals surface area contributed by atoms with Gasteiger partial charge in [0, 0.05) is 37.1 Å². The number of halogens is 1. The first kappa shape index (κ1) is 21.2. The number of hydrogen-bond acceptors (Lipinski definition) is 3. The lowest BCUT2D eigenvalue weighted by Crippen LogP contribution is -2.39. The van der Waals surface area contributed by atoms with Crippen molar-refractivity contribution in [2.75, 3.05) is 13.2 Å². The molecule has 1 aliphatic rings. The van der Waals surface area contributed by atoms with Crippen molar-refractivity contribution in [3.63, 3.8) is 0 Å². The minimum Gasteiger partial charge on any atom is -0.381 e. The van der Waals surface area contributed by atoms with E-state index in [1.54, 1.807) is 12.4 Å². The maximum absolute atomic E-state index is 14.9. The fraction of sp³-hybridized carbons (Fsp3) is 0.360. The number of benzene rings is 2. The van der Waals surface area contributed by atoms with Gasteiger partial charge in [0.1, 0.15) is 5.82 Å². The highest BCUT2D eigenvalue weighted by molar-refractivity contribution is 5.94. The predicted octanol–water partition coefficient (Wildman–Crippen LogP) is 4.45. The molecule has 0 bridgehead atoms. The fourth-order valence-electron chi connectivity index (χ4n) is 4.21. The largest absolute Gasteiger partial charge is 0.381 e. The molecule has 3 aromatic rings. The average molecular weight is 422 g/mol. The number of amides is 1. The molecule has 1 atom stereocenters. The zero-order chi connectivity index (χ0) is 21.8. The molecule has 1 saturated heterocycles. The molecule has 162 valence electrons. The van der Waals surface area contributed by atoms with E-state index >= 15 is 0 Å². The number of H-pyrrole nitrogens is 1. The molecule has 1 aromatic heterocycles. The molecule has 0 saturated carbocycles. The zero-order valence-corrected chi connectivity index (χ0v) is 18.0. The summed E-state index contributed by atoms with van der Waals surface area (Å²) in [5.74, 6) is -0.842. The third-order valence-electron chi connectivity index (χ3n) is 6.19. The standard InChI is InChI=1S/C25H28FN3O2/c1-16-4-3-5-20(17(16)2)22(24-14-27-15-28-24)12-18-6-7-21(23(26)13-18)25(30)29-19-8-10-31-11-9-19/h3-7,13-15,19,22H,8-12H2,1-2H3,(H,27,28)(H,29,30). The van der Waals surface area contributed by atoms with Crippen molar-refractivity contribution < 1.29 is 13.9 Å². The number of aromatic amines is 1. The molecule has 6 heteroatoms. The lowest BCUT2D eigenvalue weighted by atomic mass is 9.85. The molecule has 1 amide bonds. The highest BCUT2D eigenvalue weighted by Gasteiger charge is 2.22. The number of nitrogens with one attached hydrogen (secondary N) is 2. The van der Waals surface area contributed by atoms with Crippen LogP contribution in [-0.2, 0) is 11.2 Å². The van der Waals surface area contributed by atoms with E-state index in [9.17, 15) is 9.18 Å². The molecule has 31 heavy (non-hydrogen) atoms. The van der Waals surface area contributed by atoms with Gasteiger partial charge in [-0.1, -0.05) is 24.3 Å². The van der Waals surface area contributed by atoms with Crippen LogP contribution in [0.15, 0.2) is 48.9 Å². The molecule has 4 rings (SSSR count). The van der Waals surface area contributed by atoms with E-state index in [-0.39, 0.29) is 23.4 Å². The molecular weight excluding hydrogens is 393 g/mol. The summed E-state index contributed by atoms with van der Waals surface area (Å²) in [4.78, 5) is 19.9. The predicted molar refractivity (Wildman–Crippen MR) is 118 cm³/mol. The maximum atomic E-state index is 14.9. The lowest BCUT2D eigenvalue weighted by molar-refractivity contribution is 0.0694. The maximum Gasteiger partial charge on any atom is 0.254 e. The molecular formula is C25H28FN3O2. The summed E-state index contributed by atoms with van der Waals surface area (Å²) in [5.41, 5.74) is 5.52. The monoisotopic (exact) mass is 421 g/mol. The topological polar surface area (TPSA) is 67.0 Å². The number of aromatic nitrogens is 2. The van der Waals surface area contributed by atoms with Gasteiger partial charge in [0.2, 0.25) is 0 Å². The van der Waals surface area contributed by atoms with Crippen LogP contribution in [0.3, 0.4) is 0 Å². The van der Waals surface area contributed by atoms with Crippen molar-refractivity contribution in [3.05, 3.63) is 88.3 Å². The molecule has 2 heterocycles. The first-order chi connectivity index (χ1) is 15.0. The van der Waals surface area contributed by atoms with Crippen LogP contribution >= 0.6 is 0 Å². The number of carbonyl (C=O) groups excluding carboxylic acids is 1. The number of ether oxygens (including phenoxy) is 1. The van der Waals surface area contributed by atoms with Crippen LogP contribution in [-0.4, -0.2) is 35.1 Å². The van der Waals surface area contributed by atoms with E-state index in [1.165, 1.54) is 22.8 Å². The van der Waals surface area contributed by atoms with E-state index in [1.807, 2.05) is 18.3 Å². The number of hydrogen-bond donors (Lipinski definition) is 2. The third-order valence-corrected chi connectivity index (χ3v) is 6.19. The summed E-state index contributed by atoms with van der Waals surface area (Å²) in [7, 11) is 0. The first-order valence-corrected chi connectivity index (χ1v) is 10.7. The van der Waals surface area contributed by atoms with Crippen molar-refractivity contribution in [2.45, 2.75) is 45.1 Å². The Kier molecular flexibility index (Phi) is 6.47. The number of nitrogens with zero attached hydrogens (tertiary/aromatic N) is 1. The molecule has 1 fully saturated rings. The highest BCUT2D eigenvalue weighted by atomic mass is 19.1. The molecule has 0 aliphatic carbocycles. The quantitative estimate of drug-likeness (QED) is 0.618. The minimum atomic E-state index is -0.494. The highest BCUT2D eigenvalue weighted by Crippen LogP contribution is 2.31. The molecule has 1 unspecified atom stereocenters. The van der Waals surface area contributed by atoms with Gasteiger partial charge in [-0.25, -0.2) is 9.37 Å². The van der Waals surface area contributed by atoms with Gasteiger partial charge in [-0.2, -0.15) is 0 Å². The van der Waals surface area contributed by atoms with Gasteiger partial charge in [-0.05, 0) is 67.5 Å². The number of aryl methyl sites for hydroxylation is 1. The lowest BCUT2D eigenvalue weighted by Gasteiger charge is -2.23. The second-order valence-corrected chi connectivity index (χ2v) is 8.23. The molecule has 2 aromatic carbocycles. The smallest absolute Gasteiger partial charge is 0.254 e. The van der Waals surface area contributed by atoms with Gasteiger partial charge in [0.05, 0.1) is 11.9 Å². The Bertz CT molecular complexity index is 1040. The Morgan fingerprint density at radius 2 is 2.06 bits per heavy atom. The Hall–Kier alpha value is -2.99. The molecule has 0 radical (unpaired) electrons. The summed E-state index contributed by atoms with van der Waals surface area (Å²) in [6.45, 7) is 5.45. The summed E-state index contributed by atoms with van der Waals surface area (Å²) >= 11 is 0. The third kappa shape index (κ3) is 4.85. The van der Waals surface area contributed by atoms with Crippen molar-refractivity contribution in [2.24, 2.45) is 0 Å². The Labute approximate surface area is 182 Å². The number of imidazole rings is 1. The number of carbonyl (C=O) groups is 1. The number of rotatable bonds is 6. The summed E-state index contributed by atoms with van der Waals surface area (Å²) in [6.07, 6.45) is 5.60. The van der Waals surface area contributed by atoms with Crippen molar-refractivity contribution in [3.8, 4) is 0 Å². The van der Waals surface area contributed by atoms with Gasteiger partial charge in [-0.3, -0.25) is 4.79 Å². The van der Waals surface area contributed by atoms with E-state index < -0.39 is 5.82 Å². The SMILES string of the molecule is Cc1cccc(C(Cc2ccc(C(=O)NC3CCOCC3)c(F)c2)c2cnc[nH]2)c1C. The van der Waals surface area contributed by atoms with E-state index in [0.29, 0.717) is 19.6 Å². The normalized spacial score (nSPS) is 15.6. The molecule has 2 N–H and O–H groups in total. The van der Waals surface area contributed by atoms with Gasteiger partial charge in [0.25, 0.3) is 5.91 Å². The van der Waals surface area contributed by atoms with Crippen molar-refractivity contribution in [1.29, 1.82) is 0 Å². The van der Waals surface area contributed by atoms with Crippen LogP contribution in [0.25, 0.3) is 0 Å². The van der Waals surface area contributed by atoms with Gasteiger partial charge in [0.15, 0.2) is 0 Å². The Morgan fingerprint density at radius 1 is 1.26 bits per heavy atom. The Morgan fingerprint density at radius 3 is 2.77 bits per heavy atom. The second kappa shape index (κ2) is 9.43. The summed E-state index contributed by atoms with van der Waals surface area (Å²) < 4.78 is 20.2. The van der Waals surface area contributed by atoms with Crippen LogP contribution < -0.4 is 5.32 Å². The second-order valence-electron chi connectivity index (χ2n) is 8.23. The summed E-state index contributed by atoms with van der Waals surface area (Å²) in [5, 5.41) is 2.93.